The van der Waals surface area contributed by atoms with Crippen molar-refractivity contribution in [3.05, 3.63) is 35.4 Å². The molecule has 6 nitrogen and oxygen atoms in total. The Labute approximate surface area is 143 Å². The zero-order chi connectivity index (χ0) is 17.6. The number of hydrogen-bond acceptors (Lipinski definition) is 4. The fraction of sp³-hybridized carbons (Fsp3) is 0.471. The molecule has 1 N–H and O–H groups in total. The second kappa shape index (κ2) is 8.30. The number of carbonyl (C=O) groups excluding carboxylic acids is 1. The van der Waals surface area contributed by atoms with Gasteiger partial charge in [0.25, 0.3) is 0 Å². The Morgan fingerprint density at radius 2 is 2.21 bits per heavy atom. The van der Waals surface area contributed by atoms with Gasteiger partial charge in [-0.15, -0.1) is 0 Å². The number of ether oxygens (including phenoxy) is 1. The quantitative estimate of drug-likeness (QED) is 0.567. The first-order valence-corrected chi connectivity index (χ1v) is 9.91. The molecule has 0 fully saturated rings. The van der Waals surface area contributed by atoms with Crippen molar-refractivity contribution >= 4 is 22.0 Å². The molecule has 0 saturated carbocycles. The molecule has 0 bridgehead atoms. The highest BCUT2D eigenvalue weighted by Crippen LogP contribution is 2.26. The molecule has 132 valence electrons. The van der Waals surface area contributed by atoms with Gasteiger partial charge in [-0.2, -0.15) is 0 Å². The minimum absolute atomic E-state index is 0.186. The second-order valence-electron chi connectivity index (χ2n) is 5.70. The second-order valence-corrected chi connectivity index (χ2v) is 7.68. The zero-order valence-electron chi connectivity index (χ0n) is 14.1. The van der Waals surface area contributed by atoms with Crippen LogP contribution >= 0.6 is 0 Å². The average Bonchev–Trinajstić information content (AvgIpc) is 2.99. The van der Waals surface area contributed by atoms with E-state index in [9.17, 15) is 13.2 Å². The van der Waals surface area contributed by atoms with E-state index < -0.39 is 10.0 Å². The molecule has 24 heavy (non-hydrogen) atoms. The Morgan fingerprint density at radius 3 is 2.92 bits per heavy atom. The van der Waals surface area contributed by atoms with Crippen molar-refractivity contribution in [3.8, 4) is 5.75 Å². The first kappa shape index (κ1) is 18.5. The molecule has 0 aliphatic carbocycles. The third-order valence-electron chi connectivity index (χ3n) is 3.85. The molecular weight excluding hydrogens is 328 g/mol. The summed E-state index contributed by atoms with van der Waals surface area (Å²) >= 11 is 0. The van der Waals surface area contributed by atoms with Gasteiger partial charge in [-0.25, -0.2) is 12.7 Å². The Bertz CT molecular complexity index is 713. The molecule has 0 atom stereocenters. The number of nitrogens with zero attached hydrogens (tertiary/aromatic N) is 1. The molecule has 2 rings (SSSR count). The highest BCUT2D eigenvalue weighted by atomic mass is 32.2. The zero-order valence-corrected chi connectivity index (χ0v) is 14.9. The molecule has 0 unspecified atom stereocenters. The summed E-state index contributed by atoms with van der Waals surface area (Å²) in [5, 5.41) is 2.76. The van der Waals surface area contributed by atoms with Crippen LogP contribution in [0.3, 0.4) is 0 Å². The lowest BCUT2D eigenvalue weighted by Crippen LogP contribution is -2.33. The number of nitrogens with one attached hydrogen (secondary N) is 1. The van der Waals surface area contributed by atoms with Crippen molar-refractivity contribution in [2.75, 3.05) is 32.5 Å². The van der Waals surface area contributed by atoms with Crippen LogP contribution in [0.2, 0.25) is 0 Å². The van der Waals surface area contributed by atoms with Crippen LogP contribution in [0, 0.1) is 0 Å². The Morgan fingerprint density at radius 1 is 1.42 bits per heavy atom. The summed E-state index contributed by atoms with van der Waals surface area (Å²) in [6.07, 6.45) is 5.93. The monoisotopic (exact) mass is 352 g/mol. The molecular formula is C17H24N2O4S. The molecule has 1 amide bonds. The van der Waals surface area contributed by atoms with Gasteiger partial charge >= 0.3 is 0 Å². The lowest BCUT2D eigenvalue weighted by Gasteiger charge is -2.17. The predicted molar refractivity (Wildman–Crippen MR) is 94.4 cm³/mol. The average molecular weight is 352 g/mol. The van der Waals surface area contributed by atoms with Crippen molar-refractivity contribution in [2.45, 2.75) is 19.8 Å². The van der Waals surface area contributed by atoms with Crippen LogP contribution in [0.25, 0.3) is 6.08 Å². The van der Waals surface area contributed by atoms with Crippen LogP contribution in [-0.4, -0.2) is 51.1 Å². The van der Waals surface area contributed by atoms with Crippen molar-refractivity contribution < 1.29 is 17.9 Å². The topological polar surface area (TPSA) is 75.7 Å². The lowest BCUT2D eigenvalue weighted by atomic mass is 10.1. The largest absolute Gasteiger partial charge is 0.493 e. The summed E-state index contributed by atoms with van der Waals surface area (Å²) in [6.45, 7) is 3.79. The molecule has 1 heterocycles. The van der Waals surface area contributed by atoms with E-state index in [2.05, 4.69) is 5.32 Å². The molecule has 0 aromatic heterocycles. The number of benzene rings is 1. The Kier molecular flexibility index (Phi) is 6.39. The van der Waals surface area contributed by atoms with Gasteiger partial charge in [0.15, 0.2) is 0 Å². The van der Waals surface area contributed by atoms with Gasteiger partial charge in [-0.1, -0.05) is 13.0 Å². The molecule has 1 aromatic carbocycles. The van der Waals surface area contributed by atoms with Crippen LogP contribution in [0.1, 0.15) is 24.5 Å². The number of amides is 1. The SMILES string of the molecule is CCN(CCCNC(=O)/C=C/c1ccc2c(c1)CCO2)S(C)(=O)=O. The fourth-order valence-electron chi connectivity index (χ4n) is 2.57. The van der Waals surface area contributed by atoms with E-state index >= 15 is 0 Å². The van der Waals surface area contributed by atoms with Crippen molar-refractivity contribution in [2.24, 2.45) is 0 Å². The molecule has 7 heteroatoms. The third kappa shape index (κ3) is 5.35. The van der Waals surface area contributed by atoms with Crippen LogP contribution in [0.4, 0.5) is 0 Å². The molecule has 0 saturated heterocycles. The van der Waals surface area contributed by atoms with Gasteiger partial charge in [-0.3, -0.25) is 4.79 Å². The molecule has 1 aliphatic rings. The third-order valence-corrected chi connectivity index (χ3v) is 5.22. The summed E-state index contributed by atoms with van der Waals surface area (Å²) in [7, 11) is -3.17. The van der Waals surface area contributed by atoms with Gasteiger partial charge < -0.3 is 10.1 Å². The van der Waals surface area contributed by atoms with Gasteiger partial charge in [0.2, 0.25) is 15.9 Å². The van der Waals surface area contributed by atoms with Gasteiger partial charge in [0, 0.05) is 32.1 Å². The highest BCUT2D eigenvalue weighted by molar-refractivity contribution is 7.88. The standard InChI is InChI=1S/C17H24N2O4S/c1-3-19(24(2,21)22)11-4-10-18-17(20)8-6-14-5-7-16-15(13-14)9-12-23-16/h5-8,13H,3-4,9-12H2,1-2H3,(H,18,20)/b8-6+. The van der Waals surface area contributed by atoms with E-state index in [-0.39, 0.29) is 5.91 Å². The van der Waals surface area contributed by atoms with Crippen LogP contribution < -0.4 is 10.1 Å². The van der Waals surface area contributed by atoms with Crippen LogP contribution in [0.5, 0.6) is 5.75 Å². The minimum atomic E-state index is -3.17. The minimum Gasteiger partial charge on any atom is -0.493 e. The molecule has 0 spiro atoms. The Hall–Kier alpha value is -1.86. The maximum absolute atomic E-state index is 11.8. The summed E-state index contributed by atoms with van der Waals surface area (Å²) in [5.41, 5.74) is 2.13. The number of hydrogen-bond donors (Lipinski definition) is 1. The number of rotatable bonds is 8. The van der Waals surface area contributed by atoms with E-state index in [0.717, 1.165) is 23.3 Å². The van der Waals surface area contributed by atoms with Crippen LogP contribution in [0.15, 0.2) is 24.3 Å². The van der Waals surface area contributed by atoms with E-state index in [4.69, 9.17) is 4.74 Å². The number of sulfonamides is 1. The molecule has 1 aliphatic heterocycles. The normalized spacial score (nSPS) is 14.0. The maximum atomic E-state index is 11.8. The molecule has 1 aromatic rings. The van der Waals surface area contributed by atoms with E-state index in [1.54, 1.807) is 13.0 Å². The number of carbonyl (C=O) groups is 1. The Balaban J connectivity index is 1.75. The van der Waals surface area contributed by atoms with Crippen molar-refractivity contribution in [1.82, 2.24) is 9.62 Å². The highest BCUT2D eigenvalue weighted by Gasteiger charge is 2.13. The maximum Gasteiger partial charge on any atom is 0.243 e. The predicted octanol–water partition coefficient (Wildman–Crippen LogP) is 1.42. The summed E-state index contributed by atoms with van der Waals surface area (Å²) in [4.78, 5) is 11.8. The van der Waals surface area contributed by atoms with Crippen LogP contribution in [-0.2, 0) is 21.2 Å². The first-order valence-electron chi connectivity index (χ1n) is 8.07. The first-order chi connectivity index (χ1) is 11.4. The van der Waals surface area contributed by atoms with Gasteiger partial charge in [0.1, 0.15) is 5.75 Å². The smallest absolute Gasteiger partial charge is 0.243 e. The summed E-state index contributed by atoms with van der Waals surface area (Å²) < 4.78 is 29.7. The number of fused-ring (bicyclic) bond motifs is 1. The van der Waals surface area contributed by atoms with E-state index in [1.165, 1.54) is 16.6 Å². The molecule has 0 radical (unpaired) electrons. The lowest BCUT2D eigenvalue weighted by molar-refractivity contribution is -0.116. The van der Waals surface area contributed by atoms with Gasteiger partial charge in [-0.05, 0) is 35.8 Å². The summed E-state index contributed by atoms with van der Waals surface area (Å²) in [5.74, 6) is 0.733. The van der Waals surface area contributed by atoms with Gasteiger partial charge in [0.05, 0.1) is 12.9 Å². The van der Waals surface area contributed by atoms with Crippen molar-refractivity contribution in [3.63, 3.8) is 0 Å². The van der Waals surface area contributed by atoms with E-state index in [0.29, 0.717) is 32.7 Å². The fourth-order valence-corrected chi connectivity index (χ4v) is 3.50. The van der Waals surface area contributed by atoms with E-state index in [1.807, 2.05) is 18.2 Å². The van der Waals surface area contributed by atoms with Crippen molar-refractivity contribution in [1.29, 1.82) is 0 Å². The summed E-state index contributed by atoms with van der Waals surface area (Å²) in [6, 6.07) is 5.86.